The summed E-state index contributed by atoms with van der Waals surface area (Å²) in [5.41, 5.74) is 0. The van der Waals surface area contributed by atoms with E-state index < -0.39 is 29.3 Å². The molecule has 4 aromatic rings. The van der Waals surface area contributed by atoms with Crippen LogP contribution in [0.2, 0.25) is 20.1 Å². The van der Waals surface area contributed by atoms with E-state index in [1.165, 1.54) is 0 Å². The minimum atomic E-state index is -1.78. The zero-order chi connectivity index (χ0) is 33.1. The van der Waals surface area contributed by atoms with E-state index in [1.54, 1.807) is 97.1 Å². The van der Waals surface area contributed by atoms with Crippen LogP contribution in [-0.2, 0) is 0 Å². The van der Waals surface area contributed by atoms with Gasteiger partial charge in [-0.2, -0.15) is 0 Å². The zero-order valence-corrected chi connectivity index (χ0v) is 29.4. The van der Waals surface area contributed by atoms with Crippen molar-refractivity contribution in [1.29, 1.82) is 0 Å². The van der Waals surface area contributed by atoms with Gasteiger partial charge in [0.1, 0.15) is 23.0 Å². The summed E-state index contributed by atoms with van der Waals surface area (Å²) < 4.78 is 18.1. The van der Waals surface area contributed by atoms with E-state index >= 15 is 0 Å². The summed E-state index contributed by atoms with van der Waals surface area (Å²) in [5.74, 6) is 1.46. The van der Waals surface area contributed by atoms with E-state index in [0.717, 1.165) is 0 Å². The Hall–Kier alpha value is -1.18. The molecule has 233 valence electrons. The van der Waals surface area contributed by atoms with Crippen molar-refractivity contribution in [2.75, 3.05) is 0 Å². The maximum Gasteiger partial charge on any atom is 0.707 e. The maximum atomic E-state index is 8.38. The number of rotatable bonds is 8. The Morgan fingerprint density at radius 3 is 0.556 bits per heavy atom. The van der Waals surface area contributed by atoms with E-state index in [0.29, 0.717) is 43.1 Å². The molecule has 45 heavy (non-hydrogen) atoms. The second-order valence-corrected chi connectivity index (χ2v) is 9.34. The van der Waals surface area contributed by atoms with Gasteiger partial charge in [-0.25, -0.2) is 0 Å². The van der Waals surface area contributed by atoms with Crippen molar-refractivity contribution in [2.45, 2.75) is 0 Å². The fourth-order valence-corrected chi connectivity index (χ4v) is 3.04. The van der Waals surface area contributed by atoms with Gasteiger partial charge in [-0.15, -0.1) is 0 Å². The third kappa shape index (κ3) is 23.7. The molecule has 0 spiro atoms. The third-order valence-electron chi connectivity index (χ3n) is 4.22. The van der Waals surface area contributed by atoms with Crippen LogP contribution in [0.3, 0.4) is 0 Å². The van der Waals surface area contributed by atoms with E-state index in [9.17, 15) is 0 Å². The predicted octanol–water partition coefficient (Wildman–Crippen LogP) is 2.37. The molecule has 0 unspecified atom stereocenters. The predicted molar refractivity (Wildman–Crippen MR) is 175 cm³/mol. The van der Waals surface area contributed by atoms with Gasteiger partial charge >= 0.3 is 29.3 Å². The molecule has 1 radical (unpaired) electrons. The molecule has 8 N–H and O–H groups in total. The van der Waals surface area contributed by atoms with Crippen LogP contribution in [0, 0.1) is 0 Å². The Morgan fingerprint density at radius 1 is 0.311 bits per heavy atom. The molecule has 0 aromatic heterocycles. The Balaban J connectivity index is 0.000000569. The van der Waals surface area contributed by atoms with Crippen molar-refractivity contribution in [3.05, 3.63) is 117 Å². The normalized spacial score (nSPS) is 9.16. The third-order valence-corrected chi connectivity index (χ3v) is 5.23. The summed E-state index contributed by atoms with van der Waals surface area (Å²) in [6.07, 6.45) is 0. The molecule has 12 nitrogen and oxygen atoms in total. The second-order valence-electron chi connectivity index (χ2n) is 7.59. The molecule has 21 heteroatoms. The van der Waals surface area contributed by atoms with Crippen LogP contribution in [0.5, 0.6) is 23.0 Å². The van der Waals surface area contributed by atoms with Gasteiger partial charge in [0.2, 0.25) is 0 Å². The van der Waals surface area contributed by atoms with Crippen LogP contribution < -0.4 is 18.6 Å². The summed E-state index contributed by atoms with van der Waals surface area (Å²) in [7, 11) is -7.13. The molecule has 4 rings (SSSR count). The van der Waals surface area contributed by atoms with Gasteiger partial charge in [-0.1, -0.05) is 46.4 Å². The topological polar surface area (TPSA) is 199 Å². The molecule has 4 aromatic carbocycles. The number of hydrogen-bond donors (Lipinski definition) is 8. The largest absolute Gasteiger partial charge is 0.707 e. The van der Waals surface area contributed by atoms with Gasteiger partial charge in [0, 0.05) is 71.5 Å². The number of benzene rings is 4. The van der Waals surface area contributed by atoms with Crippen LogP contribution in [0.25, 0.3) is 0 Å². The Kier molecular flexibility index (Phi) is 24.3. The quantitative estimate of drug-likeness (QED) is 0.124. The molecule has 0 atom stereocenters. The van der Waals surface area contributed by atoms with Crippen molar-refractivity contribution in [2.24, 2.45) is 0 Å². The Bertz CT molecular complexity index is 1110. The van der Waals surface area contributed by atoms with Crippen LogP contribution in [0.1, 0.15) is 0 Å². The molecule has 0 aliphatic rings. The molecule has 0 aliphatic carbocycles. The van der Waals surface area contributed by atoms with Crippen molar-refractivity contribution >= 4 is 127 Å². The van der Waals surface area contributed by atoms with Crippen molar-refractivity contribution in [3.8, 4) is 23.0 Å². The van der Waals surface area contributed by atoms with E-state index in [-0.39, 0.29) is 51.4 Å². The first kappa shape index (κ1) is 43.8. The molecular formula is C24H24B4Cl4KO12. The van der Waals surface area contributed by atoms with Gasteiger partial charge in [0.15, 0.2) is 0 Å². The molecule has 0 saturated carbocycles. The number of hydrogen-bond acceptors (Lipinski definition) is 12. The maximum absolute atomic E-state index is 8.38. The first-order chi connectivity index (χ1) is 20.7. The fourth-order valence-electron chi connectivity index (χ4n) is 2.54. The van der Waals surface area contributed by atoms with E-state index in [1.807, 2.05) is 0 Å². The molecule has 0 saturated heterocycles. The van der Waals surface area contributed by atoms with Gasteiger partial charge in [0.25, 0.3) is 0 Å². The Labute approximate surface area is 322 Å². The SMILES string of the molecule is OB(O)Oc1ccc(Cl)cc1.OB(O)Oc1ccc(Cl)cc1.OB(O)Oc1ccc(Cl)cc1.OB(O)Oc1ccc(Cl)cc1.[K]. The minimum absolute atomic E-state index is 0. The van der Waals surface area contributed by atoms with Crippen LogP contribution in [0.15, 0.2) is 97.1 Å². The van der Waals surface area contributed by atoms with Gasteiger partial charge in [-0.3, -0.25) is 0 Å². The summed E-state index contributed by atoms with van der Waals surface area (Å²) in [5, 5.41) is 69.3. The van der Waals surface area contributed by atoms with Gasteiger partial charge in [0.05, 0.1) is 0 Å². The average molecular weight is 729 g/mol. The van der Waals surface area contributed by atoms with E-state index in [4.69, 9.17) is 86.6 Å². The summed E-state index contributed by atoms with van der Waals surface area (Å²) in [4.78, 5) is 0. The van der Waals surface area contributed by atoms with Crippen molar-refractivity contribution in [1.82, 2.24) is 0 Å². The molecule has 0 aliphatic heterocycles. The van der Waals surface area contributed by atoms with Crippen LogP contribution >= 0.6 is 46.4 Å². The molecular weight excluding hydrogens is 704 g/mol. The second kappa shape index (κ2) is 24.9. The zero-order valence-electron chi connectivity index (χ0n) is 23.3. The van der Waals surface area contributed by atoms with E-state index in [2.05, 4.69) is 18.6 Å². The average Bonchev–Trinajstić information content (AvgIpc) is 2.94. The van der Waals surface area contributed by atoms with Crippen LogP contribution in [-0.4, -0.2) is 121 Å². The van der Waals surface area contributed by atoms with Gasteiger partial charge < -0.3 is 58.8 Å². The first-order valence-electron chi connectivity index (χ1n) is 11.9. The summed E-state index contributed by atoms with van der Waals surface area (Å²) in [6, 6.07) is 25.1. The fraction of sp³-hybridized carbons (Fsp3) is 0. The van der Waals surface area contributed by atoms with Gasteiger partial charge in [-0.05, 0) is 97.1 Å². The molecule has 0 amide bonds. The monoisotopic (exact) mass is 727 g/mol. The Morgan fingerprint density at radius 2 is 0.444 bits per heavy atom. The summed E-state index contributed by atoms with van der Waals surface area (Å²) in [6.45, 7) is 0. The molecule has 0 heterocycles. The van der Waals surface area contributed by atoms with Crippen molar-refractivity contribution < 1.29 is 58.8 Å². The molecule has 0 bridgehead atoms. The number of halogens is 4. The molecule has 0 fully saturated rings. The first-order valence-corrected chi connectivity index (χ1v) is 13.4. The van der Waals surface area contributed by atoms with Crippen molar-refractivity contribution in [3.63, 3.8) is 0 Å². The standard InChI is InChI=1S/4C6H6BClO3.K/c4*8-5-1-3-6(4-2-5)11-7(9)10;/h4*1-4,9-10H;. The smallest absolute Gasteiger partial charge is 0.512 e. The summed E-state index contributed by atoms with van der Waals surface area (Å²) >= 11 is 22.3. The van der Waals surface area contributed by atoms with Crippen LogP contribution in [0.4, 0.5) is 0 Å². The minimum Gasteiger partial charge on any atom is -0.512 e.